The van der Waals surface area contributed by atoms with Crippen LogP contribution in [0.2, 0.25) is 0 Å². The zero-order chi connectivity index (χ0) is 24.1. The van der Waals surface area contributed by atoms with Gasteiger partial charge in [-0.15, -0.1) is 11.8 Å². The maximum Gasteiger partial charge on any atom is 0.357 e. The number of aliphatic hydroxyl groups excluding tert-OH is 1. The minimum absolute atomic E-state index is 0. The highest BCUT2D eigenvalue weighted by molar-refractivity contribution is 8.23. The SMILES string of the molecule is C[C@@H](O)[C@H]1C(=O)N2C(C(=O)OCc3ccc([N+](=O)[O-])cc3)=C(SC3Cc4n(cc[n+]4C)C3)S[C@H]12.[I-]. The molecule has 1 N–H and O–H groups in total. The fourth-order valence-corrected chi connectivity index (χ4v) is 7.76. The molecule has 1 fully saturated rings. The second-order valence-electron chi connectivity index (χ2n) is 8.54. The molecule has 1 amide bonds. The summed E-state index contributed by atoms with van der Waals surface area (Å²) in [5.41, 5.74) is 0.789. The molecule has 1 unspecified atom stereocenters. The third-order valence-electron chi connectivity index (χ3n) is 6.27. The van der Waals surface area contributed by atoms with Crippen molar-refractivity contribution < 1.29 is 52.9 Å². The van der Waals surface area contributed by atoms with Crippen molar-refractivity contribution in [3.05, 3.63) is 68.1 Å². The van der Waals surface area contributed by atoms with Crippen LogP contribution in [0.4, 0.5) is 5.69 Å². The quantitative estimate of drug-likeness (QED) is 0.100. The molecule has 0 saturated carbocycles. The number of aryl methyl sites for hydroxylation is 1. The minimum Gasteiger partial charge on any atom is -1.00 e. The van der Waals surface area contributed by atoms with Crippen LogP contribution in [0, 0.1) is 16.0 Å². The third kappa shape index (κ3) is 4.70. The number of aliphatic hydroxyl groups is 1. The molecule has 10 nitrogen and oxygen atoms in total. The van der Waals surface area contributed by atoms with Crippen LogP contribution in [0.25, 0.3) is 0 Å². The summed E-state index contributed by atoms with van der Waals surface area (Å²) >= 11 is 3.00. The molecule has 0 bridgehead atoms. The van der Waals surface area contributed by atoms with Crippen molar-refractivity contribution in [3.8, 4) is 0 Å². The van der Waals surface area contributed by atoms with Gasteiger partial charge >= 0.3 is 5.97 Å². The monoisotopic (exact) mass is 630 g/mol. The van der Waals surface area contributed by atoms with E-state index in [0.29, 0.717) is 5.56 Å². The Morgan fingerprint density at radius 2 is 2.11 bits per heavy atom. The van der Waals surface area contributed by atoms with Crippen molar-refractivity contribution in [3.63, 3.8) is 0 Å². The standard InChI is InChI=1S/C22H23N4O6S2.HI/c1-12(27)17-19(28)25-18(21(29)32-11-13-3-5-14(6-4-13)26(30)31)22(34-20(17)25)33-15-9-16-23(2)7-8-24(16)10-15;/h3-8,12,15,17,20,27H,9-11H2,1-2H3;1H/q+1;/p-1/t12-,15?,17+,20-;/m1./s1. The molecule has 1 aromatic carbocycles. The van der Waals surface area contributed by atoms with E-state index in [9.17, 15) is 24.8 Å². The highest BCUT2D eigenvalue weighted by atomic mass is 127. The Morgan fingerprint density at radius 3 is 2.74 bits per heavy atom. The Morgan fingerprint density at radius 1 is 1.40 bits per heavy atom. The molecule has 0 aliphatic carbocycles. The number of ether oxygens (including phenoxy) is 1. The van der Waals surface area contributed by atoms with Crippen molar-refractivity contribution in [1.82, 2.24) is 9.47 Å². The topological polar surface area (TPSA) is 119 Å². The molecule has 1 saturated heterocycles. The Hall–Kier alpha value is -2.10. The van der Waals surface area contributed by atoms with E-state index in [0.717, 1.165) is 17.2 Å². The van der Waals surface area contributed by atoms with Gasteiger partial charge in [0.05, 0.1) is 39.9 Å². The van der Waals surface area contributed by atoms with Gasteiger partial charge in [-0.25, -0.2) is 13.9 Å². The number of hydrogen-bond donors (Lipinski definition) is 1. The van der Waals surface area contributed by atoms with Crippen molar-refractivity contribution in [1.29, 1.82) is 0 Å². The fourth-order valence-electron chi connectivity index (χ4n) is 4.46. The Labute approximate surface area is 226 Å². The van der Waals surface area contributed by atoms with Gasteiger partial charge in [-0.3, -0.25) is 19.8 Å². The Bertz CT molecular complexity index is 1220. The first kappa shape index (κ1) is 26.0. The lowest BCUT2D eigenvalue weighted by Gasteiger charge is -2.43. The summed E-state index contributed by atoms with van der Waals surface area (Å²) in [7, 11) is 2.00. The average molecular weight is 630 g/mol. The maximum absolute atomic E-state index is 13.1. The summed E-state index contributed by atoms with van der Waals surface area (Å²) in [4.78, 5) is 37.7. The van der Waals surface area contributed by atoms with Crippen LogP contribution in [0.5, 0.6) is 0 Å². The molecule has 4 heterocycles. The number of benzene rings is 1. The smallest absolute Gasteiger partial charge is 0.357 e. The van der Waals surface area contributed by atoms with Crippen LogP contribution in [0.1, 0.15) is 18.3 Å². The number of fused-ring (bicyclic) bond motifs is 2. The molecule has 3 aliphatic heterocycles. The Balaban J connectivity index is 0.00000289. The van der Waals surface area contributed by atoms with Crippen molar-refractivity contribution in [2.45, 2.75) is 43.2 Å². The van der Waals surface area contributed by atoms with E-state index in [1.165, 1.54) is 46.8 Å². The number of aromatic nitrogens is 2. The average Bonchev–Trinajstić information content (AvgIpc) is 3.45. The van der Waals surface area contributed by atoms with Gasteiger partial charge in [0, 0.05) is 12.1 Å². The van der Waals surface area contributed by atoms with Crippen LogP contribution in [0.3, 0.4) is 0 Å². The number of nitro groups is 1. The number of imidazole rings is 1. The van der Waals surface area contributed by atoms with E-state index in [1.807, 2.05) is 19.4 Å². The molecule has 4 atom stereocenters. The molecule has 186 valence electrons. The Kier molecular flexibility index (Phi) is 7.50. The second kappa shape index (κ2) is 10.1. The summed E-state index contributed by atoms with van der Waals surface area (Å²) in [6.45, 7) is 2.32. The highest BCUT2D eigenvalue weighted by Crippen LogP contribution is 2.55. The maximum atomic E-state index is 13.1. The minimum atomic E-state index is -0.811. The summed E-state index contributed by atoms with van der Waals surface area (Å²) in [6, 6.07) is 5.78. The normalized spacial score (nSPS) is 23.3. The molecule has 0 spiro atoms. The van der Waals surface area contributed by atoms with Crippen LogP contribution in [0.15, 0.2) is 46.6 Å². The number of rotatable bonds is 7. The number of carbonyl (C=O) groups excluding carboxylic acids is 2. The van der Waals surface area contributed by atoms with E-state index >= 15 is 0 Å². The number of hydrogen-bond acceptors (Lipinski definition) is 8. The number of nitro benzene ring substituents is 1. The lowest BCUT2D eigenvalue weighted by molar-refractivity contribution is -0.678. The van der Waals surface area contributed by atoms with Gasteiger partial charge in [0.25, 0.3) is 11.5 Å². The van der Waals surface area contributed by atoms with E-state index in [4.69, 9.17) is 4.74 Å². The van der Waals surface area contributed by atoms with Gasteiger partial charge in [0.1, 0.15) is 30.9 Å². The van der Waals surface area contributed by atoms with Gasteiger partial charge < -0.3 is 33.8 Å². The molecule has 13 heteroatoms. The zero-order valence-corrected chi connectivity index (χ0v) is 22.7. The zero-order valence-electron chi connectivity index (χ0n) is 18.9. The van der Waals surface area contributed by atoms with Crippen LogP contribution < -0.4 is 28.5 Å². The van der Waals surface area contributed by atoms with Crippen molar-refractivity contribution >= 4 is 41.1 Å². The highest BCUT2D eigenvalue weighted by Gasteiger charge is 2.58. The van der Waals surface area contributed by atoms with Crippen LogP contribution in [-0.2, 0) is 40.9 Å². The third-order valence-corrected chi connectivity index (χ3v) is 9.06. The number of amides is 1. The predicted octanol–water partition coefficient (Wildman–Crippen LogP) is -1.29. The van der Waals surface area contributed by atoms with E-state index in [-0.39, 0.29) is 58.5 Å². The molecule has 0 radical (unpaired) electrons. The van der Waals surface area contributed by atoms with Crippen molar-refractivity contribution in [2.24, 2.45) is 13.0 Å². The molecular formula is C22H23IN4O6S2. The number of halogens is 1. The molecule has 5 rings (SSSR count). The van der Waals surface area contributed by atoms with E-state index in [1.54, 1.807) is 18.7 Å². The molecular weight excluding hydrogens is 607 g/mol. The molecule has 2 aromatic rings. The molecule has 3 aliphatic rings. The van der Waals surface area contributed by atoms with Gasteiger partial charge in [0.2, 0.25) is 5.91 Å². The van der Waals surface area contributed by atoms with Gasteiger partial charge in [0.15, 0.2) is 5.70 Å². The largest absolute Gasteiger partial charge is 1.00 e. The number of non-ortho nitro benzene ring substituents is 1. The lowest BCUT2D eigenvalue weighted by atomic mass is 9.92. The number of esters is 1. The van der Waals surface area contributed by atoms with Gasteiger partial charge in [-0.1, -0.05) is 11.8 Å². The predicted molar refractivity (Wildman–Crippen MR) is 124 cm³/mol. The summed E-state index contributed by atoms with van der Waals surface area (Å²) in [6.07, 6.45) is 4.07. The molecule has 1 aromatic heterocycles. The summed E-state index contributed by atoms with van der Waals surface area (Å²) < 4.78 is 10.5. The number of β-lactam (4-membered cyclic amide) rings is 1. The van der Waals surface area contributed by atoms with E-state index < -0.39 is 22.9 Å². The van der Waals surface area contributed by atoms with Crippen LogP contribution in [-0.4, -0.2) is 48.1 Å². The first-order valence-corrected chi connectivity index (χ1v) is 12.5. The first-order chi connectivity index (χ1) is 16.2. The first-order valence-electron chi connectivity index (χ1n) is 10.8. The number of thioether (sulfide) groups is 2. The fraction of sp³-hybridized carbons (Fsp3) is 0.409. The van der Waals surface area contributed by atoms with E-state index in [2.05, 4.69) is 9.13 Å². The summed E-state index contributed by atoms with van der Waals surface area (Å²) in [5, 5.41) is 20.8. The van der Waals surface area contributed by atoms with Gasteiger partial charge in [-0.2, -0.15) is 0 Å². The molecule has 35 heavy (non-hydrogen) atoms. The summed E-state index contributed by atoms with van der Waals surface area (Å²) in [5.74, 6) is -0.258. The van der Waals surface area contributed by atoms with Gasteiger partial charge in [-0.05, 0) is 24.6 Å². The van der Waals surface area contributed by atoms with Crippen molar-refractivity contribution in [2.75, 3.05) is 0 Å². The second-order valence-corrected chi connectivity index (χ2v) is 11.2. The number of carbonyl (C=O) groups is 2. The lowest BCUT2D eigenvalue weighted by Crippen LogP contribution is -3.00. The van der Waals surface area contributed by atoms with Crippen LogP contribution >= 0.6 is 23.5 Å². The number of nitrogens with zero attached hydrogens (tertiary/aromatic N) is 4.